The van der Waals surface area contributed by atoms with Crippen LogP contribution in [0.15, 0.2) is 24.3 Å². The smallest absolute Gasteiger partial charge is 0.307 e. The molecule has 0 fully saturated rings. The quantitative estimate of drug-likeness (QED) is 0.767. The van der Waals surface area contributed by atoms with E-state index in [9.17, 15) is 4.79 Å². The first-order valence-electron chi connectivity index (χ1n) is 5.80. The minimum absolute atomic E-state index is 0.0707. The molecule has 0 saturated carbocycles. The Labute approximate surface area is 102 Å². The van der Waals surface area contributed by atoms with Gasteiger partial charge in [0.1, 0.15) is 0 Å². The van der Waals surface area contributed by atoms with E-state index in [1.807, 2.05) is 43.4 Å². The minimum Gasteiger partial charge on any atom is -0.481 e. The van der Waals surface area contributed by atoms with Gasteiger partial charge in [-0.3, -0.25) is 4.79 Å². The van der Waals surface area contributed by atoms with Crippen LogP contribution < -0.4 is 5.01 Å². The van der Waals surface area contributed by atoms with Crippen LogP contribution in [-0.4, -0.2) is 36.7 Å². The van der Waals surface area contributed by atoms with Gasteiger partial charge in [0.05, 0.1) is 12.1 Å². The number of carbonyl (C=O) groups is 1. The van der Waals surface area contributed by atoms with Crippen LogP contribution >= 0.6 is 0 Å². The van der Waals surface area contributed by atoms with Crippen molar-refractivity contribution in [1.29, 1.82) is 0 Å². The monoisotopic (exact) mass is 236 g/mol. The normalized spacial score (nSPS) is 10.6. The molecule has 0 unspecified atom stereocenters. The number of nitrogens with zero attached hydrogens (tertiary/aromatic N) is 2. The topological polar surface area (TPSA) is 43.8 Å². The summed E-state index contributed by atoms with van der Waals surface area (Å²) >= 11 is 0. The van der Waals surface area contributed by atoms with E-state index < -0.39 is 5.97 Å². The largest absolute Gasteiger partial charge is 0.481 e. The third-order valence-electron chi connectivity index (χ3n) is 2.48. The number of carboxylic acid groups (broad SMARTS) is 1. The van der Waals surface area contributed by atoms with Crippen LogP contribution in [0.25, 0.3) is 0 Å². The van der Waals surface area contributed by atoms with Gasteiger partial charge in [-0.25, -0.2) is 5.01 Å². The first-order chi connectivity index (χ1) is 8.04. The molecule has 0 aliphatic carbocycles. The maximum Gasteiger partial charge on any atom is 0.307 e. The third-order valence-corrected chi connectivity index (χ3v) is 2.48. The van der Waals surface area contributed by atoms with E-state index in [1.165, 1.54) is 0 Å². The molecule has 0 saturated heterocycles. The van der Waals surface area contributed by atoms with Crippen LogP contribution in [0.4, 0.5) is 5.69 Å². The number of hydrogen-bond acceptors (Lipinski definition) is 3. The molecule has 0 radical (unpaired) electrons. The van der Waals surface area contributed by atoms with E-state index >= 15 is 0 Å². The Balaban J connectivity index is 2.91. The fraction of sp³-hybridized carbons (Fsp3) is 0.462. The molecular formula is C13H20N2O2. The average molecular weight is 236 g/mol. The third kappa shape index (κ3) is 4.07. The predicted octanol–water partition coefficient (Wildman–Crippen LogP) is 2.01. The number of aliphatic carboxylic acids is 1. The van der Waals surface area contributed by atoms with Crippen molar-refractivity contribution < 1.29 is 9.90 Å². The molecule has 4 heteroatoms. The maximum absolute atomic E-state index is 10.7. The summed E-state index contributed by atoms with van der Waals surface area (Å²) in [7, 11) is 3.97. The molecule has 0 aliphatic rings. The summed E-state index contributed by atoms with van der Waals surface area (Å²) in [6.45, 7) is 3.04. The molecule has 0 amide bonds. The van der Waals surface area contributed by atoms with Gasteiger partial charge in [-0.2, -0.15) is 0 Å². The van der Waals surface area contributed by atoms with Gasteiger partial charge < -0.3 is 10.1 Å². The highest BCUT2D eigenvalue weighted by molar-refractivity contribution is 5.70. The highest BCUT2D eigenvalue weighted by Crippen LogP contribution is 2.17. The molecule has 0 bridgehead atoms. The Morgan fingerprint density at radius 1 is 1.35 bits per heavy atom. The number of anilines is 1. The molecule has 1 aromatic rings. The summed E-state index contributed by atoms with van der Waals surface area (Å²) < 4.78 is 0. The summed E-state index contributed by atoms with van der Waals surface area (Å²) in [5, 5.41) is 12.9. The van der Waals surface area contributed by atoms with E-state index in [0.717, 1.165) is 24.2 Å². The van der Waals surface area contributed by atoms with Crippen molar-refractivity contribution in [3.8, 4) is 0 Å². The molecule has 1 rings (SSSR count). The van der Waals surface area contributed by atoms with Crippen LogP contribution in [-0.2, 0) is 11.2 Å². The van der Waals surface area contributed by atoms with Crippen molar-refractivity contribution in [2.45, 2.75) is 19.8 Å². The lowest BCUT2D eigenvalue weighted by Gasteiger charge is -2.31. The molecule has 1 aromatic carbocycles. The molecule has 0 spiro atoms. The van der Waals surface area contributed by atoms with Crippen LogP contribution in [0.5, 0.6) is 0 Å². The lowest BCUT2D eigenvalue weighted by molar-refractivity contribution is -0.136. The number of carboxylic acids is 1. The molecule has 1 N–H and O–H groups in total. The second-order valence-electron chi connectivity index (χ2n) is 4.21. The van der Waals surface area contributed by atoms with E-state index in [-0.39, 0.29) is 6.42 Å². The lowest BCUT2D eigenvalue weighted by atomic mass is 10.1. The fourth-order valence-electron chi connectivity index (χ4n) is 1.77. The minimum atomic E-state index is -0.797. The van der Waals surface area contributed by atoms with Crippen molar-refractivity contribution in [1.82, 2.24) is 5.01 Å². The number of rotatable bonds is 6. The van der Waals surface area contributed by atoms with E-state index in [4.69, 9.17) is 5.11 Å². The number of benzene rings is 1. The zero-order valence-corrected chi connectivity index (χ0v) is 10.7. The number of hydrazine groups is 1. The van der Waals surface area contributed by atoms with E-state index in [0.29, 0.717) is 0 Å². The van der Waals surface area contributed by atoms with Gasteiger partial charge >= 0.3 is 5.97 Å². The summed E-state index contributed by atoms with van der Waals surface area (Å²) in [6.07, 6.45) is 1.11. The molecule has 0 aromatic heterocycles. The second kappa shape index (κ2) is 6.25. The van der Waals surface area contributed by atoms with Gasteiger partial charge in [-0.1, -0.05) is 19.1 Å². The Morgan fingerprint density at radius 2 is 2.06 bits per heavy atom. The molecular weight excluding hydrogens is 216 g/mol. The Morgan fingerprint density at radius 3 is 2.59 bits per heavy atom. The highest BCUT2D eigenvalue weighted by atomic mass is 16.4. The van der Waals surface area contributed by atoms with Crippen LogP contribution in [0.3, 0.4) is 0 Å². The van der Waals surface area contributed by atoms with Gasteiger partial charge in [0.25, 0.3) is 0 Å². The van der Waals surface area contributed by atoms with Crippen molar-refractivity contribution in [2.75, 3.05) is 25.6 Å². The van der Waals surface area contributed by atoms with Crippen molar-refractivity contribution >= 4 is 11.7 Å². The van der Waals surface area contributed by atoms with Gasteiger partial charge in [-0.15, -0.1) is 0 Å². The Kier molecular flexibility index (Phi) is 4.97. The van der Waals surface area contributed by atoms with Crippen molar-refractivity contribution in [2.24, 2.45) is 0 Å². The molecule has 0 atom stereocenters. The predicted molar refractivity (Wildman–Crippen MR) is 69.1 cm³/mol. The molecule has 94 valence electrons. The van der Waals surface area contributed by atoms with Gasteiger partial charge in [-0.05, 0) is 24.1 Å². The Hall–Kier alpha value is -1.55. The number of hydrogen-bond donors (Lipinski definition) is 1. The van der Waals surface area contributed by atoms with E-state index in [1.54, 1.807) is 0 Å². The first-order valence-corrected chi connectivity index (χ1v) is 5.80. The van der Waals surface area contributed by atoms with Gasteiger partial charge in [0, 0.05) is 20.6 Å². The summed E-state index contributed by atoms with van der Waals surface area (Å²) in [6, 6.07) is 7.68. The second-order valence-corrected chi connectivity index (χ2v) is 4.21. The molecule has 17 heavy (non-hydrogen) atoms. The molecule has 0 aliphatic heterocycles. The average Bonchev–Trinajstić information content (AvgIpc) is 2.24. The van der Waals surface area contributed by atoms with Crippen LogP contribution in [0.2, 0.25) is 0 Å². The first kappa shape index (κ1) is 13.5. The maximum atomic E-state index is 10.7. The highest BCUT2D eigenvalue weighted by Gasteiger charge is 2.09. The zero-order valence-electron chi connectivity index (χ0n) is 10.7. The molecule has 4 nitrogen and oxygen atoms in total. The van der Waals surface area contributed by atoms with Gasteiger partial charge in [0.15, 0.2) is 0 Å². The van der Waals surface area contributed by atoms with Crippen LogP contribution in [0, 0.1) is 0 Å². The summed E-state index contributed by atoms with van der Waals surface area (Å²) in [5.74, 6) is -0.797. The SMILES string of the molecule is CCCN(c1cccc(CC(=O)O)c1)N(C)C. The van der Waals surface area contributed by atoms with E-state index in [2.05, 4.69) is 11.9 Å². The zero-order chi connectivity index (χ0) is 12.8. The van der Waals surface area contributed by atoms with Crippen LogP contribution in [0.1, 0.15) is 18.9 Å². The van der Waals surface area contributed by atoms with Crippen molar-refractivity contribution in [3.05, 3.63) is 29.8 Å². The lowest BCUT2D eigenvalue weighted by Crippen LogP contribution is -2.37. The van der Waals surface area contributed by atoms with Crippen molar-refractivity contribution in [3.63, 3.8) is 0 Å². The standard InChI is InChI=1S/C13H20N2O2/c1-4-8-15(14(2)3)12-7-5-6-11(9-12)10-13(16)17/h5-7,9H,4,8,10H2,1-3H3,(H,16,17). The Bertz CT molecular complexity index is 377. The van der Waals surface area contributed by atoms with Gasteiger partial charge in [0.2, 0.25) is 0 Å². The fourth-order valence-corrected chi connectivity index (χ4v) is 1.77. The summed E-state index contributed by atoms with van der Waals surface area (Å²) in [4.78, 5) is 10.7. The molecule has 0 heterocycles. The summed E-state index contributed by atoms with van der Waals surface area (Å²) in [5.41, 5.74) is 1.87.